The van der Waals surface area contributed by atoms with Crippen molar-refractivity contribution >= 4 is 11.8 Å². The van der Waals surface area contributed by atoms with E-state index >= 15 is 0 Å². The van der Waals surface area contributed by atoms with Crippen LogP contribution in [0.1, 0.15) is 20.8 Å². The summed E-state index contributed by atoms with van der Waals surface area (Å²) in [4.78, 5) is 23.9. The van der Waals surface area contributed by atoms with Crippen molar-refractivity contribution in [2.24, 2.45) is 0 Å². The summed E-state index contributed by atoms with van der Waals surface area (Å²) < 4.78 is 0. The molecule has 0 atom stereocenters. The Labute approximate surface area is 85.0 Å². The van der Waals surface area contributed by atoms with Gasteiger partial charge in [-0.15, -0.1) is 0 Å². The van der Waals surface area contributed by atoms with Gasteiger partial charge in [0, 0.05) is 12.6 Å². The molecule has 0 bridgehead atoms. The van der Waals surface area contributed by atoms with E-state index in [1.54, 1.807) is 0 Å². The van der Waals surface area contributed by atoms with Crippen molar-refractivity contribution in [3.63, 3.8) is 0 Å². The standard InChI is InChI=1S/C10H18N2O2/c1-5-10(14)12(6-2)7-9(13)11-8(3)4/h5,8H,1,6-7H2,2-4H3,(H,11,13). The van der Waals surface area contributed by atoms with Gasteiger partial charge in [-0.2, -0.15) is 0 Å². The van der Waals surface area contributed by atoms with Gasteiger partial charge < -0.3 is 10.2 Å². The molecule has 0 saturated heterocycles. The number of rotatable bonds is 5. The van der Waals surface area contributed by atoms with Gasteiger partial charge in [0.25, 0.3) is 0 Å². The van der Waals surface area contributed by atoms with Crippen molar-refractivity contribution in [3.8, 4) is 0 Å². The predicted octanol–water partition coefficient (Wildman–Crippen LogP) is 0.545. The number of nitrogens with zero attached hydrogens (tertiary/aromatic N) is 1. The van der Waals surface area contributed by atoms with Crippen molar-refractivity contribution in [2.75, 3.05) is 13.1 Å². The molecule has 0 radical (unpaired) electrons. The van der Waals surface area contributed by atoms with Gasteiger partial charge in [0.15, 0.2) is 0 Å². The number of nitrogens with one attached hydrogen (secondary N) is 1. The molecular formula is C10H18N2O2. The van der Waals surface area contributed by atoms with Gasteiger partial charge in [-0.25, -0.2) is 0 Å². The molecule has 4 nitrogen and oxygen atoms in total. The summed E-state index contributed by atoms with van der Waals surface area (Å²) in [5.74, 6) is -0.358. The maximum Gasteiger partial charge on any atom is 0.246 e. The maximum absolute atomic E-state index is 11.3. The van der Waals surface area contributed by atoms with Crippen LogP contribution in [0.4, 0.5) is 0 Å². The molecule has 2 amide bonds. The van der Waals surface area contributed by atoms with Gasteiger partial charge in [-0.3, -0.25) is 9.59 Å². The van der Waals surface area contributed by atoms with Gasteiger partial charge in [0.05, 0.1) is 6.54 Å². The first-order valence-electron chi connectivity index (χ1n) is 4.72. The van der Waals surface area contributed by atoms with Crippen molar-refractivity contribution in [3.05, 3.63) is 12.7 Å². The number of likely N-dealkylation sites (N-methyl/N-ethyl adjacent to an activating group) is 1. The summed E-state index contributed by atoms with van der Waals surface area (Å²) in [5.41, 5.74) is 0. The van der Waals surface area contributed by atoms with Crippen molar-refractivity contribution in [1.82, 2.24) is 10.2 Å². The lowest BCUT2D eigenvalue weighted by Crippen LogP contribution is -2.42. The molecule has 0 aromatic heterocycles. The molecule has 1 N–H and O–H groups in total. The summed E-state index contributed by atoms with van der Waals surface area (Å²) >= 11 is 0. The molecule has 0 aliphatic carbocycles. The third-order valence-corrected chi connectivity index (χ3v) is 1.65. The van der Waals surface area contributed by atoms with Crippen LogP contribution in [0.3, 0.4) is 0 Å². The van der Waals surface area contributed by atoms with Crippen molar-refractivity contribution < 1.29 is 9.59 Å². The third-order valence-electron chi connectivity index (χ3n) is 1.65. The highest BCUT2D eigenvalue weighted by molar-refractivity contribution is 5.90. The number of hydrogen-bond donors (Lipinski definition) is 1. The molecule has 0 fully saturated rings. The van der Waals surface area contributed by atoms with E-state index in [4.69, 9.17) is 0 Å². The largest absolute Gasteiger partial charge is 0.352 e. The zero-order valence-electron chi connectivity index (χ0n) is 9.04. The van der Waals surface area contributed by atoms with Crippen LogP contribution < -0.4 is 5.32 Å². The Kier molecular flexibility index (Phi) is 5.60. The van der Waals surface area contributed by atoms with Crippen molar-refractivity contribution in [1.29, 1.82) is 0 Å². The number of amides is 2. The molecule has 4 heteroatoms. The highest BCUT2D eigenvalue weighted by Crippen LogP contribution is 1.90. The summed E-state index contributed by atoms with van der Waals surface area (Å²) in [5, 5.41) is 2.72. The van der Waals surface area contributed by atoms with Crippen LogP contribution in [-0.2, 0) is 9.59 Å². The van der Waals surface area contributed by atoms with Crippen LogP contribution in [-0.4, -0.2) is 35.8 Å². The number of carbonyl (C=O) groups excluding carboxylic acids is 2. The van der Waals surface area contributed by atoms with Gasteiger partial charge in [0.1, 0.15) is 0 Å². The Morgan fingerprint density at radius 2 is 2.07 bits per heavy atom. The quantitative estimate of drug-likeness (QED) is 0.656. The van der Waals surface area contributed by atoms with E-state index in [-0.39, 0.29) is 24.4 Å². The molecule has 0 aliphatic rings. The first-order valence-corrected chi connectivity index (χ1v) is 4.72. The Hall–Kier alpha value is -1.32. The molecule has 14 heavy (non-hydrogen) atoms. The van der Waals surface area contributed by atoms with Gasteiger partial charge in [0.2, 0.25) is 11.8 Å². The summed E-state index contributed by atoms with van der Waals surface area (Å²) in [6.07, 6.45) is 1.21. The minimum atomic E-state index is -0.216. The summed E-state index contributed by atoms with van der Waals surface area (Å²) in [6.45, 7) is 9.56. The SMILES string of the molecule is C=CC(=O)N(CC)CC(=O)NC(C)C. The van der Waals surface area contributed by atoms with E-state index in [0.29, 0.717) is 6.54 Å². The second kappa shape index (κ2) is 6.18. The molecule has 0 heterocycles. The minimum Gasteiger partial charge on any atom is -0.352 e. The maximum atomic E-state index is 11.3. The second-order valence-corrected chi connectivity index (χ2v) is 3.28. The highest BCUT2D eigenvalue weighted by Gasteiger charge is 2.12. The Morgan fingerprint density at radius 3 is 2.43 bits per heavy atom. The first-order chi connectivity index (χ1) is 6.51. The lowest BCUT2D eigenvalue weighted by molar-refractivity contribution is -0.132. The monoisotopic (exact) mass is 198 g/mol. The van der Waals surface area contributed by atoms with Crippen LogP contribution >= 0.6 is 0 Å². The Bertz CT molecular complexity index is 224. The molecule has 0 aromatic carbocycles. The van der Waals surface area contributed by atoms with E-state index in [9.17, 15) is 9.59 Å². The van der Waals surface area contributed by atoms with E-state index in [1.165, 1.54) is 11.0 Å². The fraction of sp³-hybridized carbons (Fsp3) is 0.600. The van der Waals surface area contributed by atoms with Crippen LogP contribution in [0.15, 0.2) is 12.7 Å². The minimum absolute atomic E-state index is 0.0968. The molecule has 0 saturated carbocycles. The van der Waals surface area contributed by atoms with Gasteiger partial charge in [-0.05, 0) is 26.8 Å². The second-order valence-electron chi connectivity index (χ2n) is 3.28. The van der Waals surface area contributed by atoms with Crippen LogP contribution in [0, 0.1) is 0 Å². The van der Waals surface area contributed by atoms with E-state index < -0.39 is 0 Å². The fourth-order valence-electron chi connectivity index (χ4n) is 1.02. The topological polar surface area (TPSA) is 49.4 Å². The molecule has 0 aromatic rings. The summed E-state index contributed by atoms with van der Waals surface area (Å²) in [7, 11) is 0. The molecule has 0 unspecified atom stereocenters. The lowest BCUT2D eigenvalue weighted by atomic mass is 10.3. The van der Waals surface area contributed by atoms with Crippen LogP contribution in [0.2, 0.25) is 0 Å². The lowest BCUT2D eigenvalue weighted by Gasteiger charge is -2.19. The van der Waals surface area contributed by atoms with Crippen LogP contribution in [0.5, 0.6) is 0 Å². The Morgan fingerprint density at radius 1 is 1.50 bits per heavy atom. The van der Waals surface area contributed by atoms with Crippen molar-refractivity contribution in [2.45, 2.75) is 26.8 Å². The van der Waals surface area contributed by atoms with Gasteiger partial charge >= 0.3 is 0 Å². The summed E-state index contributed by atoms with van der Waals surface area (Å²) in [6, 6.07) is 0.0973. The average Bonchev–Trinajstić information content (AvgIpc) is 2.11. The molecule has 0 spiro atoms. The zero-order chi connectivity index (χ0) is 11.1. The van der Waals surface area contributed by atoms with E-state index in [0.717, 1.165) is 0 Å². The predicted molar refractivity (Wildman–Crippen MR) is 55.7 cm³/mol. The normalized spacial score (nSPS) is 9.71. The van der Waals surface area contributed by atoms with E-state index in [1.807, 2.05) is 20.8 Å². The third kappa shape index (κ3) is 4.64. The molecule has 80 valence electrons. The zero-order valence-corrected chi connectivity index (χ0v) is 9.04. The first kappa shape index (κ1) is 12.7. The number of hydrogen-bond acceptors (Lipinski definition) is 2. The molecule has 0 aliphatic heterocycles. The van der Waals surface area contributed by atoms with Crippen LogP contribution in [0.25, 0.3) is 0 Å². The van der Waals surface area contributed by atoms with E-state index in [2.05, 4.69) is 11.9 Å². The Balaban J connectivity index is 4.11. The highest BCUT2D eigenvalue weighted by atomic mass is 16.2. The number of carbonyl (C=O) groups is 2. The van der Waals surface area contributed by atoms with Gasteiger partial charge in [-0.1, -0.05) is 6.58 Å². The smallest absolute Gasteiger partial charge is 0.246 e. The average molecular weight is 198 g/mol. The molecular weight excluding hydrogens is 180 g/mol. The fourth-order valence-corrected chi connectivity index (χ4v) is 1.02. The molecule has 0 rings (SSSR count).